The molecule has 0 spiro atoms. The minimum Gasteiger partial charge on any atom is -0.468 e. The standard InChI is InChI=1S/C17H19NO2/c1-18-16(17(19)20-2)12-13-8-10-15(11-9-13)14-6-4-3-5-7-14/h3-11,16,18H,12H2,1-2H3/t16-/m1/s1. The first-order chi connectivity index (χ1) is 9.74. The molecule has 0 saturated heterocycles. The van der Waals surface area contributed by atoms with Crippen LogP contribution in [0, 0.1) is 0 Å². The van der Waals surface area contributed by atoms with Crippen LogP contribution < -0.4 is 5.32 Å². The van der Waals surface area contributed by atoms with Crippen LogP contribution in [0.15, 0.2) is 54.6 Å². The molecule has 0 aromatic heterocycles. The van der Waals surface area contributed by atoms with Gasteiger partial charge in [0.2, 0.25) is 0 Å². The molecular weight excluding hydrogens is 250 g/mol. The summed E-state index contributed by atoms with van der Waals surface area (Å²) in [6, 6.07) is 18.2. The average Bonchev–Trinajstić information content (AvgIpc) is 2.53. The molecule has 0 aliphatic heterocycles. The molecule has 0 unspecified atom stereocenters. The number of likely N-dealkylation sites (N-methyl/N-ethyl adjacent to an activating group) is 1. The van der Waals surface area contributed by atoms with Gasteiger partial charge in [-0.15, -0.1) is 0 Å². The number of hydrogen-bond donors (Lipinski definition) is 1. The molecule has 1 N–H and O–H groups in total. The Morgan fingerprint density at radius 3 is 2.20 bits per heavy atom. The summed E-state index contributed by atoms with van der Waals surface area (Å²) < 4.78 is 4.77. The molecule has 1 atom stereocenters. The van der Waals surface area contributed by atoms with Crippen LogP contribution in [0.25, 0.3) is 11.1 Å². The van der Waals surface area contributed by atoms with E-state index in [4.69, 9.17) is 4.74 Å². The highest BCUT2D eigenvalue weighted by Crippen LogP contribution is 2.19. The lowest BCUT2D eigenvalue weighted by Crippen LogP contribution is -2.36. The summed E-state index contributed by atoms with van der Waals surface area (Å²) in [6.07, 6.45) is 0.623. The van der Waals surface area contributed by atoms with Crippen molar-refractivity contribution in [2.24, 2.45) is 0 Å². The van der Waals surface area contributed by atoms with Crippen LogP contribution in [-0.4, -0.2) is 26.2 Å². The van der Waals surface area contributed by atoms with Gasteiger partial charge < -0.3 is 10.1 Å². The van der Waals surface area contributed by atoms with Gasteiger partial charge in [-0.25, -0.2) is 0 Å². The quantitative estimate of drug-likeness (QED) is 0.848. The van der Waals surface area contributed by atoms with Gasteiger partial charge in [0.1, 0.15) is 6.04 Å². The highest BCUT2D eigenvalue weighted by Gasteiger charge is 2.16. The zero-order valence-corrected chi connectivity index (χ0v) is 11.8. The van der Waals surface area contributed by atoms with Crippen LogP contribution in [0.5, 0.6) is 0 Å². The van der Waals surface area contributed by atoms with Crippen molar-refractivity contribution in [1.29, 1.82) is 0 Å². The molecule has 2 aromatic rings. The number of nitrogens with one attached hydrogen (secondary N) is 1. The van der Waals surface area contributed by atoms with Crippen molar-refractivity contribution in [3.63, 3.8) is 0 Å². The molecule has 0 bridgehead atoms. The smallest absolute Gasteiger partial charge is 0.323 e. The van der Waals surface area contributed by atoms with Crippen LogP contribution in [0.4, 0.5) is 0 Å². The predicted molar refractivity (Wildman–Crippen MR) is 80.4 cm³/mol. The van der Waals surface area contributed by atoms with E-state index in [0.717, 1.165) is 5.56 Å². The third kappa shape index (κ3) is 3.45. The van der Waals surface area contributed by atoms with Crippen molar-refractivity contribution < 1.29 is 9.53 Å². The van der Waals surface area contributed by atoms with Gasteiger partial charge in [0.15, 0.2) is 0 Å². The van der Waals surface area contributed by atoms with Gasteiger partial charge in [0, 0.05) is 0 Å². The Labute approximate surface area is 119 Å². The van der Waals surface area contributed by atoms with Gasteiger partial charge in [-0.05, 0) is 30.2 Å². The van der Waals surface area contributed by atoms with Crippen molar-refractivity contribution >= 4 is 5.97 Å². The Kier molecular flexibility index (Phi) is 4.91. The number of esters is 1. The SMILES string of the molecule is CN[C@H](Cc1ccc(-c2ccccc2)cc1)C(=O)OC. The maximum atomic E-state index is 11.6. The van der Waals surface area contributed by atoms with Gasteiger partial charge in [-0.3, -0.25) is 4.79 Å². The number of benzene rings is 2. The second kappa shape index (κ2) is 6.87. The molecule has 0 aliphatic rings. The minimum absolute atomic E-state index is 0.236. The highest BCUT2D eigenvalue weighted by atomic mass is 16.5. The van der Waals surface area contributed by atoms with Gasteiger partial charge in [-0.2, -0.15) is 0 Å². The Morgan fingerprint density at radius 1 is 1.05 bits per heavy atom. The van der Waals surface area contributed by atoms with E-state index in [9.17, 15) is 4.79 Å². The fourth-order valence-electron chi connectivity index (χ4n) is 2.15. The molecule has 0 saturated carbocycles. The van der Waals surface area contributed by atoms with Crippen LogP contribution in [0.1, 0.15) is 5.56 Å². The maximum Gasteiger partial charge on any atom is 0.323 e. The fourth-order valence-corrected chi connectivity index (χ4v) is 2.15. The lowest BCUT2D eigenvalue weighted by molar-refractivity contribution is -0.142. The molecule has 0 heterocycles. The third-order valence-corrected chi connectivity index (χ3v) is 3.34. The van der Waals surface area contributed by atoms with E-state index >= 15 is 0 Å². The first kappa shape index (κ1) is 14.3. The van der Waals surface area contributed by atoms with E-state index < -0.39 is 0 Å². The Balaban J connectivity index is 2.10. The molecule has 3 heteroatoms. The van der Waals surface area contributed by atoms with E-state index in [1.165, 1.54) is 18.2 Å². The van der Waals surface area contributed by atoms with Crippen molar-refractivity contribution in [2.75, 3.05) is 14.2 Å². The molecule has 20 heavy (non-hydrogen) atoms. The molecule has 0 aliphatic carbocycles. The van der Waals surface area contributed by atoms with Crippen molar-refractivity contribution in [3.8, 4) is 11.1 Å². The second-order valence-corrected chi connectivity index (χ2v) is 4.63. The number of hydrogen-bond acceptors (Lipinski definition) is 3. The van der Waals surface area contributed by atoms with Gasteiger partial charge >= 0.3 is 5.97 Å². The van der Waals surface area contributed by atoms with Crippen LogP contribution in [0.3, 0.4) is 0 Å². The summed E-state index contributed by atoms with van der Waals surface area (Å²) in [7, 11) is 3.17. The van der Waals surface area contributed by atoms with Crippen molar-refractivity contribution in [2.45, 2.75) is 12.5 Å². The van der Waals surface area contributed by atoms with Gasteiger partial charge in [0.25, 0.3) is 0 Å². The topological polar surface area (TPSA) is 38.3 Å². The number of ether oxygens (including phenoxy) is 1. The maximum absolute atomic E-state index is 11.6. The largest absolute Gasteiger partial charge is 0.468 e. The van der Waals surface area contributed by atoms with Crippen molar-refractivity contribution in [3.05, 3.63) is 60.2 Å². The molecule has 2 aromatic carbocycles. The highest BCUT2D eigenvalue weighted by molar-refractivity contribution is 5.76. The van der Waals surface area contributed by atoms with Gasteiger partial charge in [0.05, 0.1) is 7.11 Å². The third-order valence-electron chi connectivity index (χ3n) is 3.34. The van der Waals surface area contributed by atoms with E-state index in [2.05, 4.69) is 41.7 Å². The lowest BCUT2D eigenvalue weighted by Gasteiger charge is -2.13. The molecule has 104 valence electrons. The zero-order valence-electron chi connectivity index (χ0n) is 11.8. The lowest BCUT2D eigenvalue weighted by atomic mass is 10.0. The number of methoxy groups -OCH3 is 1. The number of rotatable bonds is 5. The summed E-state index contributed by atoms with van der Waals surface area (Å²) in [5, 5.41) is 2.97. The minimum atomic E-state index is -0.303. The zero-order chi connectivity index (χ0) is 14.4. The van der Waals surface area contributed by atoms with E-state index in [-0.39, 0.29) is 12.0 Å². The van der Waals surface area contributed by atoms with Gasteiger partial charge in [-0.1, -0.05) is 54.6 Å². The van der Waals surface area contributed by atoms with Crippen LogP contribution in [-0.2, 0) is 16.0 Å². The monoisotopic (exact) mass is 269 g/mol. The fraction of sp³-hybridized carbons (Fsp3) is 0.235. The van der Waals surface area contributed by atoms with E-state index in [0.29, 0.717) is 6.42 Å². The summed E-state index contributed by atoms with van der Waals surface area (Å²) in [5.74, 6) is -0.236. The Morgan fingerprint density at radius 2 is 1.65 bits per heavy atom. The second-order valence-electron chi connectivity index (χ2n) is 4.63. The van der Waals surface area contributed by atoms with Crippen molar-refractivity contribution in [1.82, 2.24) is 5.32 Å². The summed E-state index contributed by atoms with van der Waals surface area (Å²) in [5.41, 5.74) is 3.47. The molecule has 0 radical (unpaired) electrons. The molecule has 2 rings (SSSR count). The molecule has 0 fully saturated rings. The van der Waals surface area contributed by atoms with E-state index in [1.807, 2.05) is 18.2 Å². The molecule has 0 amide bonds. The Hall–Kier alpha value is -2.13. The number of carbonyl (C=O) groups excluding carboxylic acids is 1. The predicted octanol–water partition coefficient (Wildman–Crippen LogP) is 2.66. The average molecular weight is 269 g/mol. The van der Waals surface area contributed by atoms with E-state index in [1.54, 1.807) is 7.05 Å². The first-order valence-corrected chi connectivity index (χ1v) is 6.64. The molecular formula is C17H19NO2. The summed E-state index contributed by atoms with van der Waals surface area (Å²) >= 11 is 0. The Bertz CT molecular complexity index is 549. The van der Waals surface area contributed by atoms with Crippen LogP contribution in [0.2, 0.25) is 0 Å². The normalized spacial score (nSPS) is 11.9. The van der Waals surface area contributed by atoms with Crippen LogP contribution >= 0.6 is 0 Å². The first-order valence-electron chi connectivity index (χ1n) is 6.64. The summed E-state index contributed by atoms with van der Waals surface area (Å²) in [4.78, 5) is 11.6. The summed E-state index contributed by atoms with van der Waals surface area (Å²) in [6.45, 7) is 0. The molecule has 3 nitrogen and oxygen atoms in total. The number of carbonyl (C=O) groups is 1.